The van der Waals surface area contributed by atoms with Gasteiger partial charge in [-0.25, -0.2) is 0 Å². The third kappa shape index (κ3) is 2.90. The van der Waals surface area contributed by atoms with Gasteiger partial charge >= 0.3 is 11.6 Å². The molecule has 2 amide bonds. The Hall–Kier alpha value is -4.26. The summed E-state index contributed by atoms with van der Waals surface area (Å²) in [5, 5.41) is 11.2. The summed E-state index contributed by atoms with van der Waals surface area (Å²) < 4.78 is 6.16. The number of carbonyl (C=O) groups excluding carboxylic acids is 2. The van der Waals surface area contributed by atoms with Crippen molar-refractivity contribution < 1.29 is 14.3 Å². The van der Waals surface area contributed by atoms with Crippen molar-refractivity contribution in [2.45, 2.75) is 12.6 Å². The highest BCUT2D eigenvalue weighted by Gasteiger charge is 2.62. The lowest BCUT2D eigenvalue weighted by atomic mass is 10.1. The molecule has 1 atom stereocenters. The lowest BCUT2D eigenvalue weighted by Gasteiger charge is -2.29. The average molecular weight is 410 g/mol. The summed E-state index contributed by atoms with van der Waals surface area (Å²) in [4.78, 5) is 27.1. The topological polar surface area (TPSA) is 74.6 Å². The van der Waals surface area contributed by atoms with Gasteiger partial charge in [-0.1, -0.05) is 54.6 Å². The molecule has 1 spiro atoms. The first-order valence-corrected chi connectivity index (χ1v) is 9.79. The van der Waals surface area contributed by atoms with Crippen LogP contribution >= 0.6 is 0 Å². The van der Waals surface area contributed by atoms with Crippen molar-refractivity contribution in [3.63, 3.8) is 0 Å². The largest absolute Gasteiger partial charge is 0.432 e. The Balaban J connectivity index is 1.62. The summed E-state index contributed by atoms with van der Waals surface area (Å²) in [6, 6.07) is 26.8. The van der Waals surface area contributed by atoms with Crippen molar-refractivity contribution in [1.29, 1.82) is 0 Å². The van der Waals surface area contributed by atoms with Crippen LogP contribution in [0.1, 0.15) is 22.8 Å². The Morgan fingerprint density at radius 3 is 2.06 bits per heavy atom. The number of carbonyl (C=O) groups is 2. The van der Waals surface area contributed by atoms with E-state index >= 15 is 0 Å². The van der Waals surface area contributed by atoms with Gasteiger partial charge < -0.3 is 4.74 Å². The van der Waals surface area contributed by atoms with Gasteiger partial charge in [0.05, 0.1) is 5.69 Å². The molecule has 0 saturated carbocycles. The number of hydrogen-bond acceptors (Lipinski definition) is 5. The standard InChI is InChI=1S/C24H18N4O3/c1-17-24(23(30)27(25-17)20-15-9-4-10-16-20)28(22(29)19-13-7-3-8-14-19)26-21(31-24)18-11-5-2-6-12-18/h2-16H,1H3. The van der Waals surface area contributed by atoms with E-state index in [1.165, 1.54) is 5.01 Å². The predicted octanol–water partition coefficient (Wildman–Crippen LogP) is 3.64. The molecular weight excluding hydrogens is 392 g/mol. The molecule has 5 rings (SSSR count). The minimum atomic E-state index is -1.78. The van der Waals surface area contributed by atoms with Gasteiger partial charge in [-0.15, -0.1) is 5.10 Å². The van der Waals surface area contributed by atoms with Crippen LogP contribution in [0.15, 0.2) is 101 Å². The summed E-state index contributed by atoms with van der Waals surface area (Å²) in [6.07, 6.45) is 0. The molecule has 0 fully saturated rings. The molecule has 3 aromatic rings. The number of hydrazone groups is 2. The second-order valence-electron chi connectivity index (χ2n) is 7.14. The zero-order valence-electron chi connectivity index (χ0n) is 16.7. The fourth-order valence-electron chi connectivity index (χ4n) is 3.62. The van der Waals surface area contributed by atoms with Crippen LogP contribution in [0.2, 0.25) is 0 Å². The summed E-state index contributed by atoms with van der Waals surface area (Å²) in [6.45, 7) is 1.66. The van der Waals surface area contributed by atoms with Crippen LogP contribution in [-0.4, -0.2) is 34.2 Å². The second-order valence-corrected chi connectivity index (χ2v) is 7.14. The van der Waals surface area contributed by atoms with E-state index in [4.69, 9.17) is 4.74 Å². The molecule has 7 heteroatoms. The highest BCUT2D eigenvalue weighted by atomic mass is 16.6. The average Bonchev–Trinajstić information content (AvgIpc) is 3.35. The van der Waals surface area contributed by atoms with Gasteiger partial charge in [-0.3, -0.25) is 9.59 Å². The van der Waals surface area contributed by atoms with E-state index in [0.29, 0.717) is 22.5 Å². The molecule has 0 aromatic heterocycles. The van der Waals surface area contributed by atoms with Crippen LogP contribution in [0.3, 0.4) is 0 Å². The molecule has 0 bridgehead atoms. The van der Waals surface area contributed by atoms with Gasteiger partial charge in [0.25, 0.3) is 5.91 Å². The van der Waals surface area contributed by atoms with E-state index < -0.39 is 17.5 Å². The fourth-order valence-corrected chi connectivity index (χ4v) is 3.62. The Morgan fingerprint density at radius 2 is 1.42 bits per heavy atom. The van der Waals surface area contributed by atoms with Gasteiger partial charge in [0, 0.05) is 11.1 Å². The van der Waals surface area contributed by atoms with Crippen LogP contribution < -0.4 is 5.01 Å². The molecule has 0 radical (unpaired) electrons. The van der Waals surface area contributed by atoms with Gasteiger partial charge in [0.2, 0.25) is 5.90 Å². The number of anilines is 1. The van der Waals surface area contributed by atoms with Crippen molar-refractivity contribution in [2.24, 2.45) is 10.2 Å². The number of para-hydroxylation sites is 1. The SMILES string of the molecule is CC1=NN(c2ccccc2)C(=O)C12OC(c1ccccc1)=NN2C(=O)c1ccccc1. The van der Waals surface area contributed by atoms with E-state index in [0.717, 1.165) is 5.01 Å². The molecule has 7 nitrogen and oxygen atoms in total. The molecule has 3 aromatic carbocycles. The van der Waals surface area contributed by atoms with Crippen molar-refractivity contribution in [2.75, 3.05) is 5.01 Å². The third-order valence-electron chi connectivity index (χ3n) is 5.19. The molecule has 0 N–H and O–H groups in total. The summed E-state index contributed by atoms with van der Waals surface area (Å²) in [5.41, 5.74) is 0.160. The summed E-state index contributed by atoms with van der Waals surface area (Å²) >= 11 is 0. The first kappa shape index (κ1) is 18.7. The van der Waals surface area contributed by atoms with Crippen LogP contribution in [-0.2, 0) is 9.53 Å². The van der Waals surface area contributed by atoms with E-state index in [1.54, 1.807) is 43.3 Å². The van der Waals surface area contributed by atoms with Gasteiger partial charge in [-0.2, -0.15) is 15.1 Å². The molecule has 2 aliphatic heterocycles. The zero-order valence-corrected chi connectivity index (χ0v) is 16.7. The second kappa shape index (κ2) is 7.21. The van der Waals surface area contributed by atoms with Crippen LogP contribution in [0.4, 0.5) is 5.69 Å². The normalized spacial score (nSPS) is 20.0. The molecule has 2 heterocycles. The van der Waals surface area contributed by atoms with Crippen molar-refractivity contribution in [1.82, 2.24) is 5.01 Å². The minimum Gasteiger partial charge on any atom is -0.432 e. The molecular formula is C24H18N4O3. The molecule has 31 heavy (non-hydrogen) atoms. The zero-order chi connectivity index (χ0) is 21.4. The van der Waals surface area contributed by atoms with E-state index in [9.17, 15) is 9.59 Å². The lowest BCUT2D eigenvalue weighted by molar-refractivity contribution is -0.135. The van der Waals surface area contributed by atoms with E-state index in [1.807, 2.05) is 54.6 Å². The van der Waals surface area contributed by atoms with Crippen molar-refractivity contribution in [3.8, 4) is 0 Å². The first-order chi connectivity index (χ1) is 15.1. The highest BCUT2D eigenvalue weighted by Crippen LogP contribution is 2.38. The molecule has 0 aliphatic carbocycles. The smallest absolute Gasteiger partial charge is 0.329 e. The Bertz CT molecular complexity index is 1210. The molecule has 2 aliphatic rings. The van der Waals surface area contributed by atoms with E-state index in [-0.39, 0.29) is 5.90 Å². The van der Waals surface area contributed by atoms with Crippen molar-refractivity contribution in [3.05, 3.63) is 102 Å². The lowest BCUT2D eigenvalue weighted by Crippen LogP contribution is -2.58. The quantitative estimate of drug-likeness (QED) is 0.662. The Morgan fingerprint density at radius 1 is 0.839 bits per heavy atom. The number of rotatable bonds is 3. The number of nitrogens with zero attached hydrogens (tertiary/aromatic N) is 4. The Kier molecular flexibility index (Phi) is 4.36. The number of amides is 2. The molecule has 152 valence electrons. The molecule has 0 saturated heterocycles. The van der Waals surface area contributed by atoms with E-state index in [2.05, 4.69) is 10.2 Å². The first-order valence-electron chi connectivity index (χ1n) is 9.79. The van der Waals surface area contributed by atoms with Crippen LogP contribution in [0.5, 0.6) is 0 Å². The van der Waals surface area contributed by atoms with Gasteiger partial charge in [-0.05, 0) is 43.3 Å². The van der Waals surface area contributed by atoms with Crippen molar-refractivity contribution >= 4 is 29.1 Å². The molecule has 1 unspecified atom stereocenters. The maximum Gasteiger partial charge on any atom is 0.329 e. The van der Waals surface area contributed by atoms with Gasteiger partial charge in [0.1, 0.15) is 5.71 Å². The fraction of sp³-hybridized carbons (Fsp3) is 0.0833. The summed E-state index contributed by atoms with van der Waals surface area (Å²) in [5.74, 6) is -0.776. The number of ether oxygens (including phenoxy) is 1. The Labute approximate surface area is 178 Å². The van der Waals surface area contributed by atoms with Crippen LogP contribution in [0.25, 0.3) is 0 Å². The van der Waals surface area contributed by atoms with Gasteiger partial charge in [0.15, 0.2) is 0 Å². The maximum absolute atomic E-state index is 13.7. The maximum atomic E-state index is 13.7. The predicted molar refractivity (Wildman–Crippen MR) is 116 cm³/mol. The number of hydrogen-bond donors (Lipinski definition) is 0. The monoisotopic (exact) mass is 410 g/mol. The third-order valence-corrected chi connectivity index (χ3v) is 5.19. The highest BCUT2D eigenvalue weighted by molar-refractivity contribution is 6.25. The van der Waals surface area contributed by atoms with Crippen LogP contribution in [0, 0.1) is 0 Å². The minimum absolute atomic E-state index is 0.183. The summed E-state index contributed by atoms with van der Waals surface area (Å²) in [7, 11) is 0. The number of benzene rings is 3.